The summed E-state index contributed by atoms with van der Waals surface area (Å²) in [5, 5.41) is 0. The molecule has 6 nitrogen and oxygen atoms in total. The molecule has 1 aliphatic heterocycles. The highest BCUT2D eigenvalue weighted by Gasteiger charge is 2.51. The van der Waals surface area contributed by atoms with Gasteiger partial charge in [0.2, 0.25) is 11.8 Å². The van der Waals surface area contributed by atoms with Crippen molar-refractivity contribution in [3.63, 3.8) is 0 Å². The molecule has 2 aliphatic rings. The molecule has 0 radical (unpaired) electrons. The second-order valence-electron chi connectivity index (χ2n) is 6.76. The third-order valence-corrected chi connectivity index (χ3v) is 5.10. The fourth-order valence-electron chi connectivity index (χ4n) is 3.68. The van der Waals surface area contributed by atoms with Crippen molar-refractivity contribution in [1.29, 1.82) is 0 Å². The van der Waals surface area contributed by atoms with Gasteiger partial charge in [0.1, 0.15) is 11.9 Å². The molecule has 0 unspecified atom stereocenters. The molecule has 2 fully saturated rings. The van der Waals surface area contributed by atoms with E-state index in [1.165, 1.54) is 25.1 Å². The van der Waals surface area contributed by atoms with Crippen molar-refractivity contribution in [3.8, 4) is 0 Å². The Labute approximate surface area is 150 Å². The SMILES string of the molecule is C[C@@H](C(=O)OCC(=O)c1cccc(F)c1)N1C(=O)[C@H]2CCCC[C@@H]2C1=O. The number of esters is 1. The molecule has 0 N–H and O–H groups in total. The molecule has 0 bridgehead atoms. The first-order valence-corrected chi connectivity index (χ1v) is 8.72. The molecule has 1 aliphatic carbocycles. The first-order chi connectivity index (χ1) is 12.4. The average molecular weight is 361 g/mol. The van der Waals surface area contributed by atoms with Crippen molar-refractivity contribution in [1.82, 2.24) is 4.90 Å². The van der Waals surface area contributed by atoms with Crippen LogP contribution in [-0.2, 0) is 19.1 Å². The van der Waals surface area contributed by atoms with Gasteiger partial charge in [0.25, 0.3) is 0 Å². The number of fused-ring (bicyclic) bond motifs is 1. The minimum atomic E-state index is -1.08. The number of amides is 2. The minimum absolute atomic E-state index is 0.0878. The van der Waals surface area contributed by atoms with Crippen molar-refractivity contribution in [2.45, 2.75) is 38.6 Å². The van der Waals surface area contributed by atoms with Crippen LogP contribution in [0.25, 0.3) is 0 Å². The summed E-state index contributed by atoms with van der Waals surface area (Å²) in [6.07, 6.45) is 3.11. The molecule has 1 saturated carbocycles. The van der Waals surface area contributed by atoms with Gasteiger partial charge in [-0.1, -0.05) is 25.0 Å². The Balaban J connectivity index is 1.62. The lowest BCUT2D eigenvalue weighted by Gasteiger charge is -2.21. The number of hydrogen-bond acceptors (Lipinski definition) is 5. The second-order valence-corrected chi connectivity index (χ2v) is 6.76. The van der Waals surface area contributed by atoms with Gasteiger partial charge in [-0.25, -0.2) is 9.18 Å². The summed E-state index contributed by atoms with van der Waals surface area (Å²) in [6, 6.07) is 3.98. The maximum Gasteiger partial charge on any atom is 0.329 e. The molecule has 3 atom stereocenters. The van der Waals surface area contributed by atoms with Crippen LogP contribution >= 0.6 is 0 Å². The molecule has 1 aromatic rings. The van der Waals surface area contributed by atoms with Crippen LogP contribution in [0.3, 0.4) is 0 Å². The zero-order valence-corrected chi connectivity index (χ0v) is 14.4. The number of hydrogen-bond donors (Lipinski definition) is 0. The van der Waals surface area contributed by atoms with E-state index in [9.17, 15) is 23.6 Å². The number of Topliss-reactive ketones (excluding diaryl/α,β-unsaturated/α-hetero) is 1. The van der Waals surface area contributed by atoms with E-state index in [-0.39, 0.29) is 29.2 Å². The number of carbonyl (C=O) groups is 4. The Morgan fingerprint density at radius 3 is 2.38 bits per heavy atom. The van der Waals surface area contributed by atoms with E-state index in [2.05, 4.69) is 0 Å². The maximum absolute atomic E-state index is 13.1. The Kier molecular flexibility index (Phi) is 5.15. The lowest BCUT2D eigenvalue weighted by Crippen LogP contribution is -2.44. The van der Waals surface area contributed by atoms with E-state index in [4.69, 9.17) is 4.74 Å². The molecule has 1 aromatic carbocycles. The summed E-state index contributed by atoms with van der Waals surface area (Å²) in [5.41, 5.74) is 0.0878. The van der Waals surface area contributed by atoms with E-state index in [0.717, 1.165) is 23.8 Å². The first kappa shape index (κ1) is 18.2. The smallest absolute Gasteiger partial charge is 0.329 e. The molecule has 2 amide bonds. The van der Waals surface area contributed by atoms with E-state index >= 15 is 0 Å². The number of halogens is 1. The van der Waals surface area contributed by atoms with Crippen LogP contribution in [0.2, 0.25) is 0 Å². The van der Waals surface area contributed by atoms with Crippen LogP contribution in [0, 0.1) is 17.7 Å². The molecule has 1 heterocycles. The summed E-state index contributed by atoms with van der Waals surface area (Å²) in [4.78, 5) is 50.2. The number of likely N-dealkylation sites (tertiary alicyclic amines) is 1. The topological polar surface area (TPSA) is 80.8 Å². The van der Waals surface area contributed by atoms with Gasteiger partial charge >= 0.3 is 5.97 Å². The Morgan fingerprint density at radius 2 is 1.81 bits per heavy atom. The molecule has 26 heavy (non-hydrogen) atoms. The number of rotatable bonds is 5. The zero-order chi connectivity index (χ0) is 18.8. The Hall–Kier alpha value is -2.57. The van der Waals surface area contributed by atoms with Gasteiger partial charge in [0, 0.05) is 5.56 Å². The second kappa shape index (κ2) is 7.35. The predicted molar refractivity (Wildman–Crippen MR) is 88.5 cm³/mol. The summed E-state index contributed by atoms with van der Waals surface area (Å²) in [6.45, 7) is 0.845. The van der Waals surface area contributed by atoms with E-state index < -0.39 is 30.2 Å². The quantitative estimate of drug-likeness (QED) is 0.456. The van der Waals surface area contributed by atoms with E-state index in [1.54, 1.807) is 0 Å². The number of ether oxygens (including phenoxy) is 1. The first-order valence-electron chi connectivity index (χ1n) is 8.72. The molecule has 138 valence electrons. The van der Waals surface area contributed by atoms with Gasteiger partial charge in [-0.15, -0.1) is 0 Å². The third kappa shape index (κ3) is 3.38. The summed E-state index contributed by atoms with van der Waals surface area (Å²) < 4.78 is 18.1. The lowest BCUT2D eigenvalue weighted by molar-refractivity contribution is -0.157. The van der Waals surface area contributed by atoms with E-state index in [1.807, 2.05) is 0 Å². The molecule has 0 aromatic heterocycles. The maximum atomic E-state index is 13.1. The van der Waals surface area contributed by atoms with Crippen molar-refractivity contribution in [2.75, 3.05) is 6.61 Å². The van der Waals surface area contributed by atoms with E-state index in [0.29, 0.717) is 12.8 Å². The largest absolute Gasteiger partial charge is 0.456 e. The van der Waals surface area contributed by atoms with Crippen LogP contribution in [-0.4, -0.2) is 41.1 Å². The number of carbonyl (C=O) groups excluding carboxylic acids is 4. The number of nitrogens with zero attached hydrogens (tertiary/aromatic N) is 1. The molecule has 0 spiro atoms. The normalized spacial score (nSPS) is 23.5. The molecular formula is C19H20FNO5. The van der Waals surface area contributed by atoms with Crippen LogP contribution in [0.15, 0.2) is 24.3 Å². The van der Waals surface area contributed by atoms with Crippen molar-refractivity contribution >= 4 is 23.6 Å². The van der Waals surface area contributed by atoms with Crippen LogP contribution in [0.5, 0.6) is 0 Å². The number of ketones is 1. The van der Waals surface area contributed by atoms with Crippen molar-refractivity contribution in [2.24, 2.45) is 11.8 Å². The molecule has 7 heteroatoms. The fraction of sp³-hybridized carbons (Fsp3) is 0.474. The minimum Gasteiger partial charge on any atom is -0.456 e. The zero-order valence-electron chi connectivity index (χ0n) is 14.4. The van der Waals surface area contributed by atoms with Crippen LogP contribution in [0.1, 0.15) is 43.0 Å². The monoisotopic (exact) mass is 361 g/mol. The lowest BCUT2D eigenvalue weighted by atomic mass is 9.81. The Morgan fingerprint density at radius 1 is 1.19 bits per heavy atom. The fourth-order valence-corrected chi connectivity index (χ4v) is 3.68. The summed E-state index contributed by atoms with van der Waals surface area (Å²) >= 11 is 0. The number of imide groups is 1. The van der Waals surface area contributed by atoms with Crippen LogP contribution in [0.4, 0.5) is 4.39 Å². The average Bonchev–Trinajstić information content (AvgIpc) is 2.90. The summed E-state index contributed by atoms with van der Waals surface area (Å²) in [7, 11) is 0. The predicted octanol–water partition coefficient (Wildman–Crippen LogP) is 2.12. The van der Waals surface area contributed by atoms with Gasteiger partial charge in [-0.2, -0.15) is 0 Å². The highest BCUT2D eigenvalue weighted by atomic mass is 19.1. The van der Waals surface area contributed by atoms with Crippen molar-refractivity contribution in [3.05, 3.63) is 35.6 Å². The Bertz CT molecular complexity index is 738. The van der Waals surface area contributed by atoms with Gasteiger partial charge in [0.05, 0.1) is 11.8 Å². The molecular weight excluding hydrogens is 341 g/mol. The van der Waals surface area contributed by atoms with Crippen molar-refractivity contribution < 1.29 is 28.3 Å². The van der Waals surface area contributed by atoms with Gasteiger partial charge < -0.3 is 4.74 Å². The molecule has 1 saturated heterocycles. The highest BCUT2D eigenvalue weighted by Crippen LogP contribution is 2.38. The highest BCUT2D eigenvalue weighted by molar-refractivity contribution is 6.08. The molecule has 3 rings (SSSR count). The third-order valence-electron chi connectivity index (χ3n) is 5.10. The van der Waals surface area contributed by atoms with Gasteiger partial charge in [-0.05, 0) is 31.9 Å². The standard InChI is InChI=1S/C19H20FNO5/c1-11(21-17(23)14-7-2-3-8-15(14)18(21)24)19(25)26-10-16(22)12-5-4-6-13(20)9-12/h4-6,9,11,14-15H,2-3,7-8,10H2,1H3/t11-,14-,15-/m0/s1. The van der Waals surface area contributed by atoms with Gasteiger partial charge in [0.15, 0.2) is 12.4 Å². The number of benzene rings is 1. The van der Waals surface area contributed by atoms with Gasteiger partial charge in [-0.3, -0.25) is 19.3 Å². The summed E-state index contributed by atoms with van der Waals surface area (Å²) in [5.74, 6) is -3.30. The van der Waals surface area contributed by atoms with Crippen LogP contribution < -0.4 is 0 Å².